The smallest absolute Gasteiger partial charge is 0.0827 e. The van der Waals surface area contributed by atoms with Crippen LogP contribution in [0.25, 0.3) is 0 Å². The van der Waals surface area contributed by atoms with Gasteiger partial charge in [-0.3, -0.25) is 9.97 Å². The molecule has 1 aliphatic heterocycles. The van der Waals surface area contributed by atoms with Crippen molar-refractivity contribution in [3.8, 4) is 0 Å². The predicted octanol–water partition coefficient (Wildman–Crippen LogP) is 0.134. The fourth-order valence-electron chi connectivity index (χ4n) is 1.86. The Bertz CT molecular complexity index is 283. The summed E-state index contributed by atoms with van der Waals surface area (Å²) in [6, 6.07) is 0. The number of rotatable bonds is 2. The Morgan fingerprint density at radius 3 is 3.07 bits per heavy atom. The molecule has 1 aromatic heterocycles. The molecular weight excluding hydrogens is 178 g/mol. The topological polar surface area (TPSA) is 58.0 Å². The molecule has 76 valence electrons. The highest BCUT2D eigenvalue weighted by molar-refractivity contribution is 5.02. The lowest BCUT2D eigenvalue weighted by molar-refractivity contribution is 0.0160. The van der Waals surface area contributed by atoms with Gasteiger partial charge in [0.15, 0.2) is 0 Å². The van der Waals surface area contributed by atoms with Crippen LogP contribution in [0.5, 0.6) is 0 Å². The van der Waals surface area contributed by atoms with E-state index in [1.807, 2.05) is 0 Å². The normalized spacial score (nSPS) is 27.5. The molecule has 0 spiro atoms. The summed E-state index contributed by atoms with van der Waals surface area (Å²) in [6.45, 7) is 1.66. The molecule has 4 nitrogen and oxygen atoms in total. The van der Waals surface area contributed by atoms with Gasteiger partial charge in [0.25, 0.3) is 0 Å². The molecule has 2 N–H and O–H groups in total. The standard InChI is InChI=1S/C10H15N3O/c14-10(2-1-3-12-8-10)6-9-7-11-4-5-13-9/h4-5,7,12,14H,1-3,6,8H2. The first-order valence-corrected chi connectivity index (χ1v) is 4.97. The molecule has 0 aliphatic carbocycles. The van der Waals surface area contributed by atoms with Gasteiger partial charge in [-0.05, 0) is 19.4 Å². The average Bonchev–Trinajstić information content (AvgIpc) is 2.19. The van der Waals surface area contributed by atoms with Crippen molar-refractivity contribution in [1.29, 1.82) is 0 Å². The molecule has 1 aromatic rings. The number of piperidine rings is 1. The Kier molecular flexibility index (Phi) is 2.74. The molecule has 0 saturated carbocycles. The van der Waals surface area contributed by atoms with Crippen LogP contribution in [0.15, 0.2) is 18.6 Å². The maximum Gasteiger partial charge on any atom is 0.0827 e. The van der Waals surface area contributed by atoms with Crippen LogP contribution in [-0.4, -0.2) is 33.8 Å². The van der Waals surface area contributed by atoms with Gasteiger partial charge < -0.3 is 10.4 Å². The number of hydrogen-bond acceptors (Lipinski definition) is 4. The van der Waals surface area contributed by atoms with E-state index in [9.17, 15) is 5.11 Å². The van der Waals surface area contributed by atoms with Crippen molar-refractivity contribution in [1.82, 2.24) is 15.3 Å². The fraction of sp³-hybridized carbons (Fsp3) is 0.600. The quantitative estimate of drug-likeness (QED) is 0.701. The van der Waals surface area contributed by atoms with E-state index in [0.29, 0.717) is 13.0 Å². The van der Waals surface area contributed by atoms with Crippen LogP contribution in [0.1, 0.15) is 18.5 Å². The van der Waals surface area contributed by atoms with Crippen molar-refractivity contribution in [3.05, 3.63) is 24.3 Å². The Labute approximate surface area is 83.4 Å². The van der Waals surface area contributed by atoms with Crippen LogP contribution in [0.3, 0.4) is 0 Å². The van der Waals surface area contributed by atoms with Crippen LogP contribution in [0.2, 0.25) is 0 Å². The van der Waals surface area contributed by atoms with Crippen LogP contribution >= 0.6 is 0 Å². The predicted molar refractivity (Wildman–Crippen MR) is 52.8 cm³/mol. The molecule has 2 rings (SSSR count). The van der Waals surface area contributed by atoms with Crippen molar-refractivity contribution in [2.24, 2.45) is 0 Å². The van der Waals surface area contributed by atoms with Gasteiger partial charge in [-0.15, -0.1) is 0 Å². The van der Waals surface area contributed by atoms with Crippen molar-refractivity contribution in [2.75, 3.05) is 13.1 Å². The summed E-state index contributed by atoms with van der Waals surface area (Å²) in [5.74, 6) is 0. The van der Waals surface area contributed by atoms with Gasteiger partial charge in [-0.25, -0.2) is 0 Å². The second kappa shape index (κ2) is 4.02. The number of nitrogens with one attached hydrogen (secondary N) is 1. The molecule has 1 fully saturated rings. The monoisotopic (exact) mass is 193 g/mol. The minimum atomic E-state index is -0.631. The highest BCUT2D eigenvalue weighted by Gasteiger charge is 2.29. The van der Waals surface area contributed by atoms with Gasteiger partial charge >= 0.3 is 0 Å². The maximum atomic E-state index is 10.2. The van der Waals surface area contributed by atoms with Gasteiger partial charge in [0.05, 0.1) is 11.3 Å². The van der Waals surface area contributed by atoms with Gasteiger partial charge in [0.1, 0.15) is 0 Å². The average molecular weight is 193 g/mol. The summed E-state index contributed by atoms with van der Waals surface area (Å²) in [5.41, 5.74) is 0.229. The summed E-state index contributed by atoms with van der Waals surface area (Å²) in [6.07, 6.45) is 7.48. The van der Waals surface area contributed by atoms with E-state index in [-0.39, 0.29) is 0 Å². The molecule has 1 unspecified atom stereocenters. The molecular formula is C10H15N3O. The maximum absolute atomic E-state index is 10.2. The zero-order valence-corrected chi connectivity index (χ0v) is 8.11. The number of hydrogen-bond donors (Lipinski definition) is 2. The SMILES string of the molecule is OC1(Cc2cnccn2)CCCNC1. The Balaban J connectivity index is 2.02. The first-order chi connectivity index (χ1) is 6.79. The third-order valence-corrected chi connectivity index (χ3v) is 2.58. The van der Waals surface area contributed by atoms with E-state index < -0.39 is 5.60 Å². The van der Waals surface area contributed by atoms with E-state index in [1.54, 1.807) is 18.6 Å². The largest absolute Gasteiger partial charge is 0.388 e. The molecule has 1 saturated heterocycles. The summed E-state index contributed by atoms with van der Waals surface area (Å²) in [5, 5.41) is 13.4. The van der Waals surface area contributed by atoms with E-state index >= 15 is 0 Å². The summed E-state index contributed by atoms with van der Waals surface area (Å²) < 4.78 is 0. The second-order valence-corrected chi connectivity index (χ2v) is 3.88. The van der Waals surface area contributed by atoms with Gasteiger partial charge in [-0.1, -0.05) is 0 Å². The minimum Gasteiger partial charge on any atom is -0.388 e. The number of aromatic nitrogens is 2. The summed E-state index contributed by atoms with van der Waals surface area (Å²) in [7, 11) is 0. The number of nitrogens with zero attached hydrogens (tertiary/aromatic N) is 2. The van der Waals surface area contributed by atoms with E-state index in [1.165, 1.54) is 0 Å². The zero-order chi connectivity index (χ0) is 9.86. The lowest BCUT2D eigenvalue weighted by Gasteiger charge is -2.32. The van der Waals surface area contributed by atoms with Crippen molar-refractivity contribution < 1.29 is 5.11 Å². The van der Waals surface area contributed by atoms with Crippen LogP contribution in [0.4, 0.5) is 0 Å². The van der Waals surface area contributed by atoms with Crippen LogP contribution in [0, 0.1) is 0 Å². The lowest BCUT2D eigenvalue weighted by atomic mass is 9.89. The Hall–Kier alpha value is -1.00. The molecule has 1 aliphatic rings. The van der Waals surface area contributed by atoms with Crippen molar-refractivity contribution in [3.63, 3.8) is 0 Å². The third-order valence-electron chi connectivity index (χ3n) is 2.58. The molecule has 0 radical (unpaired) electrons. The summed E-state index contributed by atoms with van der Waals surface area (Å²) in [4.78, 5) is 8.16. The molecule has 0 bridgehead atoms. The van der Waals surface area contributed by atoms with E-state index in [2.05, 4.69) is 15.3 Å². The number of aliphatic hydroxyl groups is 1. The first-order valence-electron chi connectivity index (χ1n) is 4.97. The van der Waals surface area contributed by atoms with Crippen LogP contribution < -0.4 is 5.32 Å². The highest BCUT2D eigenvalue weighted by atomic mass is 16.3. The molecule has 4 heteroatoms. The molecule has 2 heterocycles. The van der Waals surface area contributed by atoms with Gasteiger partial charge in [0, 0.05) is 31.6 Å². The van der Waals surface area contributed by atoms with E-state index in [4.69, 9.17) is 0 Å². The zero-order valence-electron chi connectivity index (χ0n) is 8.11. The van der Waals surface area contributed by atoms with Crippen LogP contribution in [-0.2, 0) is 6.42 Å². The Morgan fingerprint density at radius 1 is 1.50 bits per heavy atom. The highest BCUT2D eigenvalue weighted by Crippen LogP contribution is 2.19. The van der Waals surface area contributed by atoms with Gasteiger partial charge in [0.2, 0.25) is 0 Å². The fourth-order valence-corrected chi connectivity index (χ4v) is 1.86. The van der Waals surface area contributed by atoms with Crippen molar-refractivity contribution in [2.45, 2.75) is 24.9 Å². The number of β-amino-alcohol motifs (C(OH)–C–C–N with tert-alkyl or cyclic N) is 1. The second-order valence-electron chi connectivity index (χ2n) is 3.88. The molecule has 0 aromatic carbocycles. The lowest BCUT2D eigenvalue weighted by Crippen LogP contribution is -2.47. The molecule has 14 heavy (non-hydrogen) atoms. The molecule has 1 atom stereocenters. The van der Waals surface area contributed by atoms with E-state index in [0.717, 1.165) is 25.1 Å². The third kappa shape index (κ3) is 2.27. The van der Waals surface area contributed by atoms with Crippen molar-refractivity contribution >= 4 is 0 Å². The van der Waals surface area contributed by atoms with Gasteiger partial charge in [-0.2, -0.15) is 0 Å². The summed E-state index contributed by atoms with van der Waals surface area (Å²) >= 11 is 0. The Morgan fingerprint density at radius 2 is 2.43 bits per heavy atom. The molecule has 0 amide bonds. The first kappa shape index (κ1) is 9.55. The minimum absolute atomic E-state index is 0.591.